The van der Waals surface area contributed by atoms with Crippen molar-refractivity contribution in [3.05, 3.63) is 29.8 Å². The highest BCUT2D eigenvalue weighted by Gasteiger charge is 2.33. The van der Waals surface area contributed by atoms with Crippen molar-refractivity contribution < 1.29 is 43.3 Å². The molecule has 6 N–H and O–H groups in total. The van der Waals surface area contributed by atoms with Crippen molar-refractivity contribution in [2.24, 2.45) is 17.1 Å². The van der Waals surface area contributed by atoms with Gasteiger partial charge in [0.1, 0.15) is 29.5 Å². The highest BCUT2D eigenvalue weighted by atomic mass is 16.6. The zero-order valence-electron chi connectivity index (χ0n) is 26.2. The van der Waals surface area contributed by atoms with Gasteiger partial charge in [-0.2, -0.15) is 0 Å². The third kappa shape index (κ3) is 13.6. The van der Waals surface area contributed by atoms with Crippen LogP contribution >= 0.6 is 0 Å². The van der Waals surface area contributed by atoms with E-state index in [2.05, 4.69) is 16.0 Å². The van der Waals surface area contributed by atoms with E-state index in [1.54, 1.807) is 79.7 Å². The summed E-state index contributed by atoms with van der Waals surface area (Å²) in [6.07, 6.45) is -0.889. The number of carbonyl (C=O) groups is 6. The fourth-order valence-electron chi connectivity index (χ4n) is 3.61. The Kier molecular flexibility index (Phi) is 13.6. The van der Waals surface area contributed by atoms with Crippen LogP contribution < -0.4 is 26.4 Å². The van der Waals surface area contributed by atoms with Gasteiger partial charge < -0.3 is 36.3 Å². The highest BCUT2D eigenvalue weighted by Crippen LogP contribution is 2.20. The van der Waals surface area contributed by atoms with Crippen LogP contribution in [-0.4, -0.2) is 64.6 Å². The molecule has 0 heterocycles. The normalized spacial score (nSPS) is 14.3. The molecule has 1 rings (SSSR count). The van der Waals surface area contributed by atoms with E-state index < -0.39 is 70.8 Å². The monoisotopic (exact) mass is 606 g/mol. The zero-order valence-corrected chi connectivity index (χ0v) is 26.2. The molecule has 0 fully saturated rings. The molecule has 240 valence electrons. The fraction of sp³-hybridized carbons (Fsp3) is 0.600. The van der Waals surface area contributed by atoms with Crippen LogP contribution in [0.3, 0.4) is 0 Å². The molecule has 1 aromatic carbocycles. The van der Waals surface area contributed by atoms with E-state index in [4.69, 9.17) is 15.2 Å². The lowest BCUT2D eigenvalue weighted by atomic mass is 9.96. The Balaban J connectivity index is 3.22. The van der Waals surface area contributed by atoms with Crippen LogP contribution in [0.4, 0.5) is 4.79 Å². The number of carboxylic acids is 1. The molecular weight excluding hydrogens is 560 g/mol. The second-order valence-electron chi connectivity index (χ2n) is 12.5. The fourth-order valence-corrected chi connectivity index (χ4v) is 3.61. The van der Waals surface area contributed by atoms with E-state index in [9.17, 15) is 33.9 Å². The first kappa shape index (κ1) is 36.9. The number of primary amides is 1. The number of nitrogens with one attached hydrogen (secondary N) is 3. The summed E-state index contributed by atoms with van der Waals surface area (Å²) in [5.74, 6) is -4.08. The van der Waals surface area contributed by atoms with Crippen molar-refractivity contribution >= 4 is 35.8 Å². The number of hydrogen-bond acceptors (Lipinski definition) is 8. The molecule has 0 radical (unpaired) electrons. The molecule has 0 spiro atoms. The number of nitrogens with two attached hydrogens (primary N) is 1. The molecule has 0 saturated carbocycles. The van der Waals surface area contributed by atoms with E-state index in [0.29, 0.717) is 17.7 Å². The summed E-state index contributed by atoms with van der Waals surface area (Å²) < 4.78 is 10.7. The van der Waals surface area contributed by atoms with Gasteiger partial charge in [0.05, 0.1) is 5.41 Å². The number of carboxylic acid groups (broad SMARTS) is 1. The van der Waals surface area contributed by atoms with Gasteiger partial charge >= 0.3 is 18.0 Å². The molecule has 0 aliphatic heterocycles. The van der Waals surface area contributed by atoms with Gasteiger partial charge in [0, 0.05) is 12.8 Å². The van der Waals surface area contributed by atoms with E-state index in [-0.39, 0.29) is 19.3 Å². The number of aliphatic carboxylic acids is 1. The number of hydrogen-bond donors (Lipinski definition) is 5. The average molecular weight is 607 g/mol. The number of esters is 1. The molecule has 1 aromatic rings. The number of carbonyl (C=O) groups excluding carboxylic acids is 5. The van der Waals surface area contributed by atoms with Crippen molar-refractivity contribution in [2.75, 3.05) is 0 Å². The van der Waals surface area contributed by atoms with Crippen LogP contribution in [-0.2, 0) is 35.1 Å². The maximum absolute atomic E-state index is 13.5. The van der Waals surface area contributed by atoms with Crippen molar-refractivity contribution in [1.82, 2.24) is 16.0 Å². The number of rotatable bonds is 14. The number of amides is 4. The quantitative estimate of drug-likeness (QED) is 0.156. The van der Waals surface area contributed by atoms with Crippen LogP contribution in [0.15, 0.2) is 24.3 Å². The Hall–Kier alpha value is -4.16. The van der Waals surface area contributed by atoms with Gasteiger partial charge in [-0.1, -0.05) is 32.4 Å². The third-order valence-electron chi connectivity index (χ3n) is 6.28. The van der Waals surface area contributed by atoms with Gasteiger partial charge in [-0.05, 0) is 71.6 Å². The van der Waals surface area contributed by atoms with Crippen molar-refractivity contribution in [3.63, 3.8) is 0 Å². The topological polar surface area (TPSA) is 203 Å². The Morgan fingerprint density at radius 1 is 0.884 bits per heavy atom. The van der Waals surface area contributed by atoms with Crippen molar-refractivity contribution in [2.45, 2.75) is 105 Å². The maximum Gasteiger partial charge on any atom is 0.408 e. The molecule has 0 aliphatic rings. The minimum atomic E-state index is -1.40. The average Bonchev–Trinajstić information content (AvgIpc) is 2.87. The molecule has 4 amide bonds. The van der Waals surface area contributed by atoms with Crippen LogP contribution in [0.1, 0.15) is 80.2 Å². The van der Waals surface area contributed by atoms with Crippen LogP contribution in [0.25, 0.3) is 0 Å². The molecule has 13 nitrogen and oxygen atoms in total. The molecule has 4 atom stereocenters. The Morgan fingerprint density at radius 3 is 1.93 bits per heavy atom. The van der Waals surface area contributed by atoms with E-state index >= 15 is 0 Å². The van der Waals surface area contributed by atoms with E-state index in [1.165, 1.54) is 0 Å². The molecular formula is C30H46N4O9. The Morgan fingerprint density at radius 2 is 1.47 bits per heavy atom. The lowest BCUT2D eigenvalue weighted by molar-refractivity contribution is -0.143. The van der Waals surface area contributed by atoms with Gasteiger partial charge in [0.2, 0.25) is 17.7 Å². The third-order valence-corrected chi connectivity index (χ3v) is 6.28. The van der Waals surface area contributed by atoms with Crippen LogP contribution in [0.5, 0.6) is 5.75 Å². The zero-order chi connectivity index (χ0) is 33.1. The lowest BCUT2D eigenvalue weighted by Gasteiger charge is -2.28. The van der Waals surface area contributed by atoms with Gasteiger partial charge in [-0.15, -0.1) is 0 Å². The smallest absolute Gasteiger partial charge is 0.408 e. The lowest BCUT2D eigenvalue weighted by Crippen LogP contribution is -2.58. The highest BCUT2D eigenvalue weighted by molar-refractivity contribution is 5.93. The summed E-state index contributed by atoms with van der Waals surface area (Å²) in [5.41, 5.74) is 4.17. The largest absolute Gasteiger partial charge is 0.480 e. The summed E-state index contributed by atoms with van der Waals surface area (Å²) in [7, 11) is 0. The Bertz CT molecular complexity index is 1150. The second-order valence-corrected chi connectivity index (χ2v) is 12.5. The first-order chi connectivity index (χ1) is 19.7. The summed E-state index contributed by atoms with van der Waals surface area (Å²) in [5, 5.41) is 17.1. The minimum Gasteiger partial charge on any atom is -0.480 e. The molecule has 13 heteroatoms. The predicted molar refractivity (Wildman–Crippen MR) is 158 cm³/mol. The molecule has 0 aromatic heterocycles. The SMILES string of the molecule is CC[C@H](C)[C@H](NC(=O)[C@H](Cc1ccc(OC(=O)C(C)(C)C)cc1)NC(=O)OC(C)(C)C)C(=O)N[C@@H](CCC(N)=O)C(=O)O. The van der Waals surface area contributed by atoms with Crippen molar-refractivity contribution in [3.8, 4) is 5.75 Å². The minimum absolute atomic E-state index is 0.0101. The molecule has 43 heavy (non-hydrogen) atoms. The predicted octanol–water partition coefficient (Wildman–Crippen LogP) is 2.44. The van der Waals surface area contributed by atoms with Gasteiger partial charge in [-0.3, -0.25) is 19.2 Å². The first-order valence-electron chi connectivity index (χ1n) is 14.2. The van der Waals surface area contributed by atoms with Crippen LogP contribution in [0, 0.1) is 11.3 Å². The molecule has 0 unspecified atom stereocenters. The van der Waals surface area contributed by atoms with Gasteiger partial charge in [-0.25, -0.2) is 9.59 Å². The number of benzene rings is 1. The standard InChI is InChI=1S/C30H46N4O9/c1-9-17(2)23(25(37)32-20(26(38)39)14-15-22(31)35)34-24(36)21(33-28(41)43-30(6,7)8)16-18-10-12-19(13-11-18)42-27(40)29(3,4)5/h10-13,17,20-21,23H,9,14-16H2,1-8H3,(H2,31,35)(H,32,37)(H,33,41)(H,34,36)(H,38,39)/t17-,20-,21-,23-/m0/s1. The summed E-state index contributed by atoms with van der Waals surface area (Å²) >= 11 is 0. The Labute approximate surface area is 252 Å². The van der Waals surface area contributed by atoms with E-state index in [1.807, 2.05) is 0 Å². The second kappa shape index (κ2) is 15.9. The van der Waals surface area contributed by atoms with Gasteiger partial charge in [0.15, 0.2) is 0 Å². The first-order valence-corrected chi connectivity index (χ1v) is 14.2. The molecule has 0 saturated heterocycles. The van der Waals surface area contributed by atoms with Gasteiger partial charge in [0.25, 0.3) is 0 Å². The molecule has 0 bridgehead atoms. The van der Waals surface area contributed by atoms with Crippen LogP contribution in [0.2, 0.25) is 0 Å². The van der Waals surface area contributed by atoms with Crippen molar-refractivity contribution in [1.29, 1.82) is 0 Å². The summed E-state index contributed by atoms with van der Waals surface area (Å²) in [6.45, 7) is 13.7. The summed E-state index contributed by atoms with van der Waals surface area (Å²) in [4.78, 5) is 74.4. The molecule has 0 aliphatic carbocycles. The number of ether oxygens (including phenoxy) is 2. The van der Waals surface area contributed by atoms with E-state index in [0.717, 1.165) is 0 Å². The number of alkyl carbamates (subject to hydrolysis) is 1. The summed E-state index contributed by atoms with van der Waals surface area (Å²) in [6, 6.07) is 2.65. The maximum atomic E-state index is 13.5.